The summed E-state index contributed by atoms with van der Waals surface area (Å²) in [5.74, 6) is -0.870. The summed E-state index contributed by atoms with van der Waals surface area (Å²) in [5.41, 5.74) is 1.32. The lowest BCUT2D eigenvalue weighted by Gasteiger charge is -2.09. The fraction of sp³-hybridized carbons (Fsp3) is 0.267. The second-order valence-electron chi connectivity index (χ2n) is 4.74. The molecule has 0 bridgehead atoms. The molecule has 0 aliphatic rings. The maximum Gasteiger partial charge on any atom is 0.358 e. The largest absolute Gasteiger partial charge is 0.451 e. The van der Waals surface area contributed by atoms with Gasteiger partial charge >= 0.3 is 5.97 Å². The molecule has 1 aromatic carbocycles. The van der Waals surface area contributed by atoms with Crippen molar-refractivity contribution in [3.63, 3.8) is 0 Å². The summed E-state index contributed by atoms with van der Waals surface area (Å²) in [4.78, 5) is 28.7. The quantitative estimate of drug-likeness (QED) is 0.825. The van der Waals surface area contributed by atoms with Crippen LogP contribution in [-0.4, -0.2) is 42.5 Å². The van der Waals surface area contributed by atoms with Gasteiger partial charge in [-0.15, -0.1) is 11.3 Å². The average Bonchev–Trinajstić information content (AvgIpc) is 3.00. The number of ether oxygens (including phenoxy) is 1. The molecule has 0 aliphatic carbocycles. The third-order valence-corrected chi connectivity index (χ3v) is 3.63. The van der Waals surface area contributed by atoms with Gasteiger partial charge in [-0.05, 0) is 5.56 Å². The Morgan fingerprint density at radius 2 is 2.00 bits per heavy atom. The van der Waals surface area contributed by atoms with E-state index in [9.17, 15) is 9.59 Å². The topological polar surface area (TPSA) is 71.5 Å². The number of anilines is 1. The van der Waals surface area contributed by atoms with E-state index in [1.807, 2.05) is 30.3 Å². The molecule has 22 heavy (non-hydrogen) atoms. The SMILES string of the molecule is CN(C)C(=O)COC(=O)c1csc(NCc2ccccc2)n1. The van der Waals surface area contributed by atoms with Crippen molar-refractivity contribution in [2.75, 3.05) is 26.0 Å². The monoisotopic (exact) mass is 319 g/mol. The van der Waals surface area contributed by atoms with Crippen LogP contribution in [0.4, 0.5) is 5.13 Å². The van der Waals surface area contributed by atoms with Gasteiger partial charge in [0.25, 0.3) is 5.91 Å². The van der Waals surface area contributed by atoms with Gasteiger partial charge in [-0.2, -0.15) is 0 Å². The first-order valence-electron chi connectivity index (χ1n) is 6.67. The van der Waals surface area contributed by atoms with E-state index in [1.54, 1.807) is 19.5 Å². The molecule has 0 aliphatic heterocycles. The van der Waals surface area contributed by atoms with E-state index in [2.05, 4.69) is 10.3 Å². The molecule has 2 aromatic rings. The number of carbonyl (C=O) groups is 2. The highest BCUT2D eigenvalue weighted by Gasteiger charge is 2.14. The van der Waals surface area contributed by atoms with Gasteiger partial charge in [0.2, 0.25) is 0 Å². The summed E-state index contributed by atoms with van der Waals surface area (Å²) in [6, 6.07) is 9.88. The van der Waals surface area contributed by atoms with Crippen LogP contribution in [0.5, 0.6) is 0 Å². The number of nitrogens with one attached hydrogen (secondary N) is 1. The fourth-order valence-electron chi connectivity index (χ4n) is 1.55. The zero-order valence-electron chi connectivity index (χ0n) is 12.4. The number of aromatic nitrogens is 1. The van der Waals surface area contributed by atoms with Crippen LogP contribution >= 0.6 is 11.3 Å². The number of hydrogen-bond donors (Lipinski definition) is 1. The smallest absolute Gasteiger partial charge is 0.358 e. The Hall–Kier alpha value is -2.41. The molecule has 0 unspecified atom stereocenters. The van der Waals surface area contributed by atoms with Crippen LogP contribution in [0.25, 0.3) is 0 Å². The Bertz CT molecular complexity index is 640. The Balaban J connectivity index is 1.85. The number of rotatable bonds is 6. The summed E-state index contributed by atoms with van der Waals surface area (Å²) in [7, 11) is 3.20. The number of nitrogens with zero attached hydrogens (tertiary/aromatic N) is 2. The molecule has 0 saturated heterocycles. The Kier molecular flexibility index (Phi) is 5.48. The van der Waals surface area contributed by atoms with E-state index in [0.29, 0.717) is 11.7 Å². The third kappa shape index (κ3) is 4.56. The highest BCUT2D eigenvalue weighted by Crippen LogP contribution is 2.17. The molecule has 7 heteroatoms. The van der Waals surface area contributed by atoms with Crippen LogP contribution in [0.1, 0.15) is 16.1 Å². The lowest BCUT2D eigenvalue weighted by Crippen LogP contribution is -2.27. The molecule has 0 fully saturated rings. The van der Waals surface area contributed by atoms with Crippen molar-refractivity contribution in [3.8, 4) is 0 Å². The Morgan fingerprint density at radius 1 is 1.27 bits per heavy atom. The van der Waals surface area contributed by atoms with E-state index in [-0.39, 0.29) is 18.2 Å². The molecular weight excluding hydrogens is 302 g/mol. The highest BCUT2D eigenvalue weighted by atomic mass is 32.1. The lowest BCUT2D eigenvalue weighted by atomic mass is 10.2. The van der Waals surface area contributed by atoms with Crippen molar-refractivity contribution in [3.05, 3.63) is 47.0 Å². The van der Waals surface area contributed by atoms with Crippen LogP contribution in [0, 0.1) is 0 Å². The number of benzene rings is 1. The number of carbonyl (C=O) groups excluding carboxylic acids is 2. The minimum absolute atomic E-state index is 0.201. The molecule has 116 valence electrons. The zero-order chi connectivity index (χ0) is 15.9. The first-order chi connectivity index (χ1) is 10.6. The maximum atomic E-state index is 11.8. The minimum atomic E-state index is -0.598. The van der Waals surface area contributed by atoms with Crippen LogP contribution in [-0.2, 0) is 16.1 Å². The second kappa shape index (κ2) is 7.56. The van der Waals surface area contributed by atoms with Crippen LogP contribution in [0.2, 0.25) is 0 Å². The van der Waals surface area contributed by atoms with E-state index in [0.717, 1.165) is 5.56 Å². The van der Waals surface area contributed by atoms with Crippen molar-refractivity contribution in [1.82, 2.24) is 9.88 Å². The van der Waals surface area contributed by atoms with Gasteiger partial charge in [0.05, 0.1) is 0 Å². The van der Waals surface area contributed by atoms with Gasteiger partial charge in [0.1, 0.15) is 0 Å². The van der Waals surface area contributed by atoms with Crippen molar-refractivity contribution in [2.45, 2.75) is 6.54 Å². The summed E-state index contributed by atoms with van der Waals surface area (Å²) in [5, 5.41) is 5.38. The predicted octanol–water partition coefficient (Wildman–Crippen LogP) is 2.00. The summed E-state index contributed by atoms with van der Waals surface area (Å²) in [6.45, 7) is 0.345. The van der Waals surface area contributed by atoms with Gasteiger partial charge in [0.15, 0.2) is 17.4 Å². The normalized spacial score (nSPS) is 10.1. The molecule has 0 radical (unpaired) electrons. The van der Waals surface area contributed by atoms with Crippen molar-refractivity contribution < 1.29 is 14.3 Å². The molecule has 1 aromatic heterocycles. The Labute approximate surface area is 132 Å². The molecular formula is C15H17N3O3S. The summed E-state index contributed by atoms with van der Waals surface area (Å²) >= 11 is 1.32. The van der Waals surface area contributed by atoms with Gasteiger partial charge in [-0.25, -0.2) is 9.78 Å². The highest BCUT2D eigenvalue weighted by molar-refractivity contribution is 7.13. The standard InChI is InChI=1S/C15H17N3O3S/c1-18(2)13(19)9-21-14(20)12-10-22-15(17-12)16-8-11-6-4-3-5-7-11/h3-7,10H,8-9H2,1-2H3,(H,16,17). The number of amides is 1. The van der Waals surface area contributed by atoms with Gasteiger partial charge < -0.3 is 15.0 Å². The summed E-state index contributed by atoms with van der Waals surface area (Å²) in [6.07, 6.45) is 0. The first kappa shape index (κ1) is 16.0. The Morgan fingerprint density at radius 3 is 2.68 bits per heavy atom. The van der Waals surface area contributed by atoms with Crippen molar-refractivity contribution in [2.24, 2.45) is 0 Å². The third-order valence-electron chi connectivity index (χ3n) is 2.83. The number of likely N-dealkylation sites (N-methyl/N-ethyl adjacent to an activating group) is 1. The lowest BCUT2D eigenvalue weighted by molar-refractivity contribution is -0.131. The number of hydrogen-bond acceptors (Lipinski definition) is 6. The molecule has 1 amide bonds. The minimum Gasteiger partial charge on any atom is -0.451 e. The number of esters is 1. The fourth-order valence-corrected chi connectivity index (χ4v) is 2.23. The molecule has 0 spiro atoms. The summed E-state index contributed by atoms with van der Waals surface area (Å²) < 4.78 is 4.91. The molecule has 0 atom stereocenters. The van der Waals surface area contributed by atoms with E-state index in [1.165, 1.54) is 16.2 Å². The molecule has 0 saturated carbocycles. The number of thiazole rings is 1. The van der Waals surface area contributed by atoms with E-state index < -0.39 is 5.97 Å². The van der Waals surface area contributed by atoms with Crippen LogP contribution in [0.15, 0.2) is 35.7 Å². The van der Waals surface area contributed by atoms with Crippen LogP contribution in [0.3, 0.4) is 0 Å². The first-order valence-corrected chi connectivity index (χ1v) is 7.55. The van der Waals surface area contributed by atoms with E-state index >= 15 is 0 Å². The molecule has 6 nitrogen and oxygen atoms in total. The molecule has 2 rings (SSSR count). The predicted molar refractivity (Wildman–Crippen MR) is 84.9 cm³/mol. The van der Waals surface area contributed by atoms with E-state index in [4.69, 9.17) is 4.74 Å². The van der Waals surface area contributed by atoms with Crippen molar-refractivity contribution >= 4 is 28.3 Å². The van der Waals surface area contributed by atoms with Gasteiger partial charge in [-0.3, -0.25) is 4.79 Å². The molecule has 1 N–H and O–H groups in total. The second-order valence-corrected chi connectivity index (χ2v) is 5.60. The molecule has 1 heterocycles. The van der Waals surface area contributed by atoms with Crippen LogP contribution < -0.4 is 5.32 Å². The zero-order valence-corrected chi connectivity index (χ0v) is 13.2. The van der Waals surface area contributed by atoms with Crippen molar-refractivity contribution in [1.29, 1.82) is 0 Å². The average molecular weight is 319 g/mol. The maximum absolute atomic E-state index is 11.8. The van der Waals surface area contributed by atoms with Gasteiger partial charge in [0, 0.05) is 26.0 Å². The van der Waals surface area contributed by atoms with Gasteiger partial charge in [-0.1, -0.05) is 30.3 Å².